The molecule has 0 unspecified atom stereocenters. The van der Waals surface area contributed by atoms with Crippen LogP contribution in [0.25, 0.3) is 0 Å². The standard InChI is InChI=1S/C5H8N4O2/c10-5(11)2-1-3-9-4-6-7-8-9/h4H,1-3H2,(H,10,11). The van der Waals surface area contributed by atoms with E-state index in [1.807, 2.05) is 0 Å². The van der Waals surface area contributed by atoms with E-state index in [2.05, 4.69) is 15.5 Å². The zero-order valence-corrected chi connectivity index (χ0v) is 5.84. The third kappa shape index (κ3) is 2.74. The fourth-order valence-corrected chi connectivity index (χ4v) is 0.675. The first-order chi connectivity index (χ1) is 5.29. The molecule has 11 heavy (non-hydrogen) atoms. The minimum Gasteiger partial charge on any atom is -0.481 e. The molecular formula is C5H8N4O2. The van der Waals surface area contributed by atoms with Crippen molar-refractivity contribution < 1.29 is 9.90 Å². The summed E-state index contributed by atoms with van der Waals surface area (Å²) in [4.78, 5) is 10.1. The molecule has 0 fully saturated rings. The summed E-state index contributed by atoms with van der Waals surface area (Å²) < 4.78 is 1.50. The monoisotopic (exact) mass is 156 g/mol. The average molecular weight is 156 g/mol. The second-order valence-electron chi connectivity index (χ2n) is 2.07. The topological polar surface area (TPSA) is 80.9 Å². The summed E-state index contributed by atoms with van der Waals surface area (Å²) in [5.41, 5.74) is 0. The van der Waals surface area contributed by atoms with Gasteiger partial charge < -0.3 is 5.11 Å². The van der Waals surface area contributed by atoms with Gasteiger partial charge in [-0.15, -0.1) is 5.10 Å². The normalized spacial score (nSPS) is 9.82. The molecule has 1 aromatic rings. The fraction of sp³-hybridized carbons (Fsp3) is 0.600. The lowest BCUT2D eigenvalue weighted by Crippen LogP contribution is -2.02. The molecule has 1 heterocycles. The van der Waals surface area contributed by atoms with Crippen LogP contribution in [0.15, 0.2) is 6.33 Å². The van der Waals surface area contributed by atoms with E-state index in [-0.39, 0.29) is 6.42 Å². The van der Waals surface area contributed by atoms with Crippen LogP contribution in [0.1, 0.15) is 12.8 Å². The highest BCUT2D eigenvalue weighted by molar-refractivity contribution is 5.66. The van der Waals surface area contributed by atoms with Crippen molar-refractivity contribution in [2.24, 2.45) is 0 Å². The van der Waals surface area contributed by atoms with E-state index in [1.165, 1.54) is 11.0 Å². The predicted molar refractivity (Wildman–Crippen MR) is 34.7 cm³/mol. The zero-order chi connectivity index (χ0) is 8.10. The summed E-state index contributed by atoms with van der Waals surface area (Å²) >= 11 is 0. The fourth-order valence-electron chi connectivity index (χ4n) is 0.675. The second kappa shape index (κ2) is 3.65. The van der Waals surface area contributed by atoms with E-state index >= 15 is 0 Å². The maximum absolute atomic E-state index is 10.1. The van der Waals surface area contributed by atoms with E-state index < -0.39 is 5.97 Å². The summed E-state index contributed by atoms with van der Waals surface area (Å²) in [5, 5.41) is 18.7. The molecular weight excluding hydrogens is 148 g/mol. The number of carbonyl (C=O) groups is 1. The summed E-state index contributed by atoms with van der Waals surface area (Å²) in [6.07, 6.45) is 2.17. The molecule has 0 saturated heterocycles. The SMILES string of the molecule is O=C(O)CCCn1cnnn1. The molecule has 0 aliphatic carbocycles. The summed E-state index contributed by atoms with van der Waals surface area (Å²) in [7, 11) is 0. The molecule has 0 atom stereocenters. The Morgan fingerprint density at radius 1 is 1.64 bits per heavy atom. The number of hydrogen-bond donors (Lipinski definition) is 1. The first kappa shape index (κ1) is 7.64. The van der Waals surface area contributed by atoms with E-state index in [0.717, 1.165) is 0 Å². The van der Waals surface area contributed by atoms with E-state index in [4.69, 9.17) is 5.11 Å². The highest BCUT2D eigenvalue weighted by Crippen LogP contribution is 1.91. The Labute approximate surface area is 62.8 Å². The van der Waals surface area contributed by atoms with Gasteiger partial charge in [-0.05, 0) is 16.8 Å². The van der Waals surface area contributed by atoms with Crippen LogP contribution in [0.2, 0.25) is 0 Å². The number of carboxylic acid groups (broad SMARTS) is 1. The first-order valence-corrected chi connectivity index (χ1v) is 3.21. The van der Waals surface area contributed by atoms with Gasteiger partial charge in [0.05, 0.1) is 0 Å². The molecule has 0 spiro atoms. The van der Waals surface area contributed by atoms with Crippen molar-refractivity contribution in [1.29, 1.82) is 0 Å². The minimum absolute atomic E-state index is 0.153. The third-order valence-corrected chi connectivity index (χ3v) is 1.17. The number of aromatic nitrogens is 4. The molecule has 60 valence electrons. The Morgan fingerprint density at radius 3 is 3.00 bits per heavy atom. The van der Waals surface area contributed by atoms with Gasteiger partial charge in [0.1, 0.15) is 6.33 Å². The Morgan fingerprint density at radius 2 is 2.45 bits per heavy atom. The number of tetrazole rings is 1. The predicted octanol–water partition coefficient (Wildman–Crippen LogP) is -0.462. The van der Waals surface area contributed by atoms with Crippen LogP contribution >= 0.6 is 0 Å². The number of aryl methyl sites for hydroxylation is 1. The first-order valence-electron chi connectivity index (χ1n) is 3.21. The van der Waals surface area contributed by atoms with Crippen molar-refractivity contribution in [3.8, 4) is 0 Å². The van der Waals surface area contributed by atoms with E-state index in [1.54, 1.807) is 0 Å². The largest absolute Gasteiger partial charge is 0.481 e. The summed E-state index contributed by atoms with van der Waals surface area (Å²) in [6.45, 7) is 0.555. The van der Waals surface area contributed by atoms with Crippen molar-refractivity contribution in [2.75, 3.05) is 0 Å². The van der Waals surface area contributed by atoms with Gasteiger partial charge in [-0.25, -0.2) is 4.68 Å². The lowest BCUT2D eigenvalue weighted by molar-refractivity contribution is -0.137. The minimum atomic E-state index is -0.793. The molecule has 1 rings (SSSR count). The van der Waals surface area contributed by atoms with Crippen LogP contribution in [-0.4, -0.2) is 31.3 Å². The van der Waals surface area contributed by atoms with E-state index in [0.29, 0.717) is 13.0 Å². The Bertz CT molecular complexity index is 220. The molecule has 0 aliphatic rings. The molecule has 0 amide bonds. The van der Waals surface area contributed by atoms with Crippen molar-refractivity contribution >= 4 is 5.97 Å². The molecule has 1 N–H and O–H groups in total. The molecule has 0 aromatic carbocycles. The highest BCUT2D eigenvalue weighted by atomic mass is 16.4. The molecule has 6 heteroatoms. The Hall–Kier alpha value is -1.46. The van der Waals surface area contributed by atoms with Gasteiger partial charge >= 0.3 is 5.97 Å². The highest BCUT2D eigenvalue weighted by Gasteiger charge is 1.97. The van der Waals surface area contributed by atoms with Crippen LogP contribution in [-0.2, 0) is 11.3 Å². The quantitative estimate of drug-likeness (QED) is 0.637. The zero-order valence-electron chi connectivity index (χ0n) is 5.84. The maximum atomic E-state index is 10.1. The Kier molecular flexibility index (Phi) is 2.53. The van der Waals surface area contributed by atoms with Gasteiger partial charge in [0.25, 0.3) is 0 Å². The molecule has 6 nitrogen and oxygen atoms in total. The number of nitrogens with zero attached hydrogens (tertiary/aromatic N) is 4. The molecule has 0 aliphatic heterocycles. The Balaban J connectivity index is 2.19. The smallest absolute Gasteiger partial charge is 0.303 e. The molecule has 0 saturated carbocycles. The van der Waals surface area contributed by atoms with Crippen LogP contribution in [0.3, 0.4) is 0 Å². The number of aliphatic carboxylic acids is 1. The van der Waals surface area contributed by atoms with Crippen molar-refractivity contribution in [1.82, 2.24) is 20.2 Å². The van der Waals surface area contributed by atoms with Crippen LogP contribution in [0, 0.1) is 0 Å². The maximum Gasteiger partial charge on any atom is 0.303 e. The average Bonchev–Trinajstić information content (AvgIpc) is 2.39. The number of rotatable bonds is 4. The van der Waals surface area contributed by atoms with Crippen LogP contribution in [0.5, 0.6) is 0 Å². The second-order valence-corrected chi connectivity index (χ2v) is 2.07. The van der Waals surface area contributed by atoms with Crippen molar-refractivity contribution in [3.05, 3.63) is 6.33 Å². The summed E-state index contributed by atoms with van der Waals surface area (Å²) in [5.74, 6) is -0.793. The van der Waals surface area contributed by atoms with Gasteiger partial charge in [0.2, 0.25) is 0 Å². The molecule has 0 radical (unpaired) electrons. The van der Waals surface area contributed by atoms with Gasteiger partial charge in [0, 0.05) is 13.0 Å². The molecule has 1 aromatic heterocycles. The van der Waals surface area contributed by atoms with E-state index in [9.17, 15) is 4.79 Å². The number of hydrogen-bond acceptors (Lipinski definition) is 4. The van der Waals surface area contributed by atoms with Crippen molar-refractivity contribution in [3.63, 3.8) is 0 Å². The lowest BCUT2D eigenvalue weighted by Gasteiger charge is -1.94. The van der Waals surface area contributed by atoms with Crippen LogP contribution in [0.4, 0.5) is 0 Å². The van der Waals surface area contributed by atoms with Gasteiger partial charge in [-0.1, -0.05) is 0 Å². The summed E-state index contributed by atoms with van der Waals surface area (Å²) in [6, 6.07) is 0. The van der Waals surface area contributed by atoms with Gasteiger partial charge in [-0.3, -0.25) is 4.79 Å². The molecule has 0 bridgehead atoms. The van der Waals surface area contributed by atoms with Gasteiger partial charge in [-0.2, -0.15) is 0 Å². The lowest BCUT2D eigenvalue weighted by atomic mass is 10.3. The van der Waals surface area contributed by atoms with Crippen molar-refractivity contribution in [2.45, 2.75) is 19.4 Å². The van der Waals surface area contributed by atoms with Gasteiger partial charge in [0.15, 0.2) is 0 Å². The third-order valence-electron chi connectivity index (χ3n) is 1.17. The van der Waals surface area contributed by atoms with Crippen LogP contribution < -0.4 is 0 Å². The number of carboxylic acids is 1.